The second-order valence-corrected chi connectivity index (χ2v) is 6.79. The van der Waals surface area contributed by atoms with Gasteiger partial charge in [-0.05, 0) is 49.9 Å². The van der Waals surface area contributed by atoms with Gasteiger partial charge in [-0.25, -0.2) is 4.98 Å². The molecule has 116 valence electrons. The minimum atomic E-state index is -0.430. The summed E-state index contributed by atoms with van der Waals surface area (Å²) in [5, 5.41) is 0. The van der Waals surface area contributed by atoms with Crippen LogP contribution in [0.25, 0.3) is 11.3 Å². The molecule has 0 unspecified atom stereocenters. The van der Waals surface area contributed by atoms with E-state index < -0.39 is 5.54 Å². The van der Waals surface area contributed by atoms with Gasteiger partial charge in [-0.3, -0.25) is 0 Å². The quantitative estimate of drug-likeness (QED) is 0.759. The van der Waals surface area contributed by atoms with Gasteiger partial charge in [-0.2, -0.15) is 0 Å². The van der Waals surface area contributed by atoms with Crippen LogP contribution >= 0.6 is 0 Å². The Kier molecular flexibility index (Phi) is 3.13. The predicted octanol–water partition coefficient (Wildman–Crippen LogP) is 3.65. The number of aromatic amines is 1. The number of nitrogens with one attached hydrogen (secondary N) is 1. The highest BCUT2D eigenvalue weighted by molar-refractivity contribution is 5.61. The van der Waals surface area contributed by atoms with Crippen LogP contribution in [0.2, 0.25) is 0 Å². The van der Waals surface area contributed by atoms with Crippen molar-refractivity contribution in [3.8, 4) is 11.3 Å². The molecule has 1 heterocycles. The number of aryl methyl sites for hydroxylation is 2. The zero-order chi connectivity index (χ0) is 16.0. The molecule has 2 aromatic carbocycles. The number of nitrogens with zero attached hydrogens (tertiary/aromatic N) is 1. The lowest BCUT2D eigenvalue weighted by Crippen LogP contribution is -2.38. The highest BCUT2D eigenvalue weighted by Gasteiger charge is 2.37. The molecule has 0 saturated carbocycles. The van der Waals surface area contributed by atoms with Crippen LogP contribution in [0, 0.1) is 13.8 Å². The van der Waals surface area contributed by atoms with E-state index >= 15 is 0 Å². The molecule has 3 nitrogen and oxygen atoms in total. The number of nitrogens with two attached hydrogens (primary N) is 1. The van der Waals surface area contributed by atoms with Crippen molar-refractivity contribution in [1.82, 2.24) is 9.97 Å². The average Bonchev–Trinajstić information content (AvgIpc) is 3.10. The molecule has 0 radical (unpaired) electrons. The molecule has 0 fully saturated rings. The van der Waals surface area contributed by atoms with Crippen LogP contribution in [0.1, 0.15) is 28.1 Å². The van der Waals surface area contributed by atoms with E-state index in [1.165, 1.54) is 22.3 Å². The Balaban J connectivity index is 1.69. The Labute approximate surface area is 136 Å². The summed E-state index contributed by atoms with van der Waals surface area (Å²) in [6.07, 6.45) is 3.65. The molecule has 1 aromatic heterocycles. The molecule has 3 aromatic rings. The van der Waals surface area contributed by atoms with E-state index in [9.17, 15) is 0 Å². The molecule has 1 aliphatic carbocycles. The van der Waals surface area contributed by atoms with Crippen LogP contribution in [0.4, 0.5) is 0 Å². The van der Waals surface area contributed by atoms with E-state index in [4.69, 9.17) is 10.7 Å². The molecular weight excluding hydrogens is 282 g/mol. The van der Waals surface area contributed by atoms with Crippen LogP contribution in [0.15, 0.2) is 48.7 Å². The number of fused-ring (bicyclic) bond motifs is 1. The molecule has 1 aliphatic rings. The van der Waals surface area contributed by atoms with Gasteiger partial charge in [0.1, 0.15) is 5.82 Å². The Morgan fingerprint density at radius 3 is 2.22 bits per heavy atom. The minimum Gasteiger partial charge on any atom is -0.346 e. The van der Waals surface area contributed by atoms with Crippen molar-refractivity contribution in [3.63, 3.8) is 0 Å². The molecule has 4 rings (SSSR count). The first-order chi connectivity index (χ1) is 11.0. The molecule has 0 amide bonds. The zero-order valence-electron chi connectivity index (χ0n) is 13.6. The van der Waals surface area contributed by atoms with Gasteiger partial charge < -0.3 is 10.7 Å². The first kappa shape index (κ1) is 14.2. The number of benzene rings is 2. The smallest absolute Gasteiger partial charge is 0.127 e. The third kappa shape index (κ3) is 2.47. The van der Waals surface area contributed by atoms with Crippen molar-refractivity contribution in [2.24, 2.45) is 5.73 Å². The maximum Gasteiger partial charge on any atom is 0.127 e. The maximum atomic E-state index is 6.69. The first-order valence-electron chi connectivity index (χ1n) is 8.04. The predicted molar refractivity (Wildman–Crippen MR) is 93.2 cm³/mol. The minimum absolute atomic E-state index is 0.430. The van der Waals surface area contributed by atoms with Gasteiger partial charge in [0.05, 0.1) is 11.2 Å². The molecule has 23 heavy (non-hydrogen) atoms. The van der Waals surface area contributed by atoms with E-state index in [2.05, 4.69) is 61.3 Å². The van der Waals surface area contributed by atoms with E-state index in [0.717, 1.165) is 29.9 Å². The summed E-state index contributed by atoms with van der Waals surface area (Å²) in [7, 11) is 0. The standard InChI is InChI=1S/C20H21N3/c1-13-7-14(2)9-17(8-13)18-12-22-19(23-18)20(21)10-15-5-3-4-6-16(15)11-20/h3-9,12H,10-11,21H2,1-2H3,(H,22,23). The average molecular weight is 303 g/mol. The lowest BCUT2D eigenvalue weighted by Gasteiger charge is -2.20. The van der Waals surface area contributed by atoms with Crippen LogP contribution in [-0.4, -0.2) is 9.97 Å². The Hall–Kier alpha value is -2.39. The van der Waals surface area contributed by atoms with Crippen molar-refractivity contribution in [3.05, 3.63) is 76.7 Å². The number of hydrogen-bond donors (Lipinski definition) is 2. The molecular formula is C20H21N3. The fourth-order valence-corrected chi connectivity index (χ4v) is 3.66. The van der Waals surface area contributed by atoms with E-state index in [1.54, 1.807) is 0 Å². The Bertz CT molecular complexity index is 831. The van der Waals surface area contributed by atoms with E-state index in [0.29, 0.717) is 0 Å². The second-order valence-electron chi connectivity index (χ2n) is 6.79. The van der Waals surface area contributed by atoms with Gasteiger partial charge in [0.2, 0.25) is 0 Å². The lowest BCUT2D eigenvalue weighted by atomic mass is 9.96. The van der Waals surface area contributed by atoms with Crippen molar-refractivity contribution < 1.29 is 0 Å². The molecule has 0 spiro atoms. The fraction of sp³-hybridized carbons (Fsp3) is 0.250. The summed E-state index contributed by atoms with van der Waals surface area (Å²) in [6.45, 7) is 4.23. The van der Waals surface area contributed by atoms with Gasteiger partial charge >= 0.3 is 0 Å². The van der Waals surface area contributed by atoms with E-state index in [-0.39, 0.29) is 0 Å². The molecule has 3 heteroatoms. The molecule has 3 N–H and O–H groups in total. The topological polar surface area (TPSA) is 54.7 Å². The Morgan fingerprint density at radius 2 is 1.61 bits per heavy atom. The SMILES string of the molecule is Cc1cc(C)cc(-c2c[nH]c(C3(N)Cc4ccccc4C3)n2)c1. The summed E-state index contributed by atoms with van der Waals surface area (Å²) in [4.78, 5) is 8.14. The van der Waals surface area contributed by atoms with Crippen LogP contribution in [0.3, 0.4) is 0 Å². The number of aromatic nitrogens is 2. The summed E-state index contributed by atoms with van der Waals surface area (Å²) in [5.74, 6) is 0.878. The molecule has 0 bridgehead atoms. The third-order valence-electron chi connectivity index (χ3n) is 4.70. The summed E-state index contributed by atoms with van der Waals surface area (Å²) in [6, 6.07) is 15.0. The summed E-state index contributed by atoms with van der Waals surface area (Å²) < 4.78 is 0. The lowest BCUT2D eigenvalue weighted by molar-refractivity contribution is 0.446. The fourth-order valence-electron chi connectivity index (χ4n) is 3.66. The zero-order valence-corrected chi connectivity index (χ0v) is 13.6. The van der Waals surface area contributed by atoms with Gasteiger partial charge in [0, 0.05) is 11.8 Å². The monoisotopic (exact) mass is 303 g/mol. The van der Waals surface area contributed by atoms with Crippen molar-refractivity contribution >= 4 is 0 Å². The highest BCUT2D eigenvalue weighted by Crippen LogP contribution is 2.35. The molecule has 0 atom stereocenters. The Morgan fingerprint density at radius 1 is 1.00 bits per heavy atom. The number of imidazole rings is 1. The van der Waals surface area contributed by atoms with Crippen molar-refractivity contribution in [2.45, 2.75) is 32.2 Å². The maximum absolute atomic E-state index is 6.69. The molecule has 0 aliphatic heterocycles. The normalized spacial score (nSPS) is 15.6. The number of rotatable bonds is 2. The largest absolute Gasteiger partial charge is 0.346 e. The van der Waals surface area contributed by atoms with Crippen LogP contribution in [0.5, 0.6) is 0 Å². The molecule has 0 saturated heterocycles. The van der Waals surface area contributed by atoms with Crippen molar-refractivity contribution in [1.29, 1.82) is 0 Å². The third-order valence-corrected chi connectivity index (χ3v) is 4.70. The first-order valence-corrected chi connectivity index (χ1v) is 8.04. The van der Waals surface area contributed by atoms with Crippen molar-refractivity contribution in [2.75, 3.05) is 0 Å². The number of hydrogen-bond acceptors (Lipinski definition) is 2. The van der Waals surface area contributed by atoms with Gasteiger partial charge in [0.25, 0.3) is 0 Å². The van der Waals surface area contributed by atoms with Crippen LogP contribution < -0.4 is 5.73 Å². The van der Waals surface area contributed by atoms with Gasteiger partial charge in [-0.1, -0.05) is 41.5 Å². The summed E-state index contributed by atoms with van der Waals surface area (Å²) >= 11 is 0. The highest BCUT2D eigenvalue weighted by atomic mass is 15.0. The van der Waals surface area contributed by atoms with Gasteiger partial charge in [-0.15, -0.1) is 0 Å². The second kappa shape index (κ2) is 5.07. The van der Waals surface area contributed by atoms with Gasteiger partial charge in [0.15, 0.2) is 0 Å². The van der Waals surface area contributed by atoms with E-state index in [1.807, 2.05) is 6.20 Å². The van der Waals surface area contributed by atoms with Crippen LogP contribution in [-0.2, 0) is 18.4 Å². The summed E-state index contributed by atoms with van der Waals surface area (Å²) in [5.41, 5.74) is 13.5. The number of H-pyrrole nitrogens is 1.